The Morgan fingerprint density at radius 2 is 2.00 bits per heavy atom. The Morgan fingerprint density at radius 1 is 1.40 bits per heavy atom. The summed E-state index contributed by atoms with van der Waals surface area (Å²) in [5.41, 5.74) is 0. The molecule has 0 aliphatic carbocycles. The van der Waals surface area contributed by atoms with Gasteiger partial charge in [0.2, 0.25) is 0 Å². The molecule has 0 bridgehead atoms. The van der Waals surface area contributed by atoms with Crippen LogP contribution in [0.1, 0.15) is 27.7 Å². The summed E-state index contributed by atoms with van der Waals surface area (Å²) >= 11 is 0. The molecule has 0 spiro atoms. The fourth-order valence-electron chi connectivity index (χ4n) is 0.803. The van der Waals surface area contributed by atoms with Crippen molar-refractivity contribution >= 4 is 5.84 Å². The Bertz CT molecular complexity index is 106. The SMILES string of the molecule is CC.CC(C)C1=NCCN1. The Morgan fingerprint density at radius 3 is 2.20 bits per heavy atom. The monoisotopic (exact) mass is 142 g/mol. The van der Waals surface area contributed by atoms with Crippen LogP contribution in [0.2, 0.25) is 0 Å². The molecule has 1 heterocycles. The average molecular weight is 142 g/mol. The smallest absolute Gasteiger partial charge is 0.0990 e. The van der Waals surface area contributed by atoms with E-state index in [0.717, 1.165) is 13.1 Å². The molecule has 1 aliphatic rings. The van der Waals surface area contributed by atoms with Gasteiger partial charge in [-0.1, -0.05) is 27.7 Å². The first-order valence-electron chi connectivity index (χ1n) is 4.09. The summed E-state index contributed by atoms with van der Waals surface area (Å²) in [5.74, 6) is 1.75. The van der Waals surface area contributed by atoms with Crippen molar-refractivity contribution in [1.29, 1.82) is 0 Å². The summed E-state index contributed by atoms with van der Waals surface area (Å²) in [7, 11) is 0. The second-order valence-corrected chi connectivity index (χ2v) is 2.35. The highest BCUT2D eigenvalue weighted by atomic mass is 15.1. The molecule has 0 saturated heterocycles. The highest BCUT2D eigenvalue weighted by Gasteiger charge is 2.06. The maximum absolute atomic E-state index is 4.24. The van der Waals surface area contributed by atoms with Crippen LogP contribution in [0.25, 0.3) is 0 Å². The van der Waals surface area contributed by atoms with Gasteiger partial charge in [0, 0.05) is 12.5 Å². The van der Waals surface area contributed by atoms with Crippen LogP contribution in [0.15, 0.2) is 4.99 Å². The minimum absolute atomic E-state index is 0.581. The van der Waals surface area contributed by atoms with Crippen molar-refractivity contribution in [3.8, 4) is 0 Å². The predicted molar refractivity (Wildman–Crippen MR) is 46.5 cm³/mol. The van der Waals surface area contributed by atoms with E-state index >= 15 is 0 Å². The predicted octanol–water partition coefficient (Wildman–Crippen LogP) is 1.67. The molecular weight excluding hydrogens is 124 g/mol. The van der Waals surface area contributed by atoms with Gasteiger partial charge in [-0.2, -0.15) is 0 Å². The third-order valence-electron chi connectivity index (χ3n) is 1.25. The van der Waals surface area contributed by atoms with Gasteiger partial charge < -0.3 is 5.32 Å². The third kappa shape index (κ3) is 2.85. The number of nitrogens with one attached hydrogen (secondary N) is 1. The summed E-state index contributed by atoms with van der Waals surface area (Å²) < 4.78 is 0. The van der Waals surface area contributed by atoms with Gasteiger partial charge in [0.1, 0.15) is 0 Å². The van der Waals surface area contributed by atoms with Gasteiger partial charge in [-0.15, -0.1) is 0 Å². The van der Waals surface area contributed by atoms with E-state index in [9.17, 15) is 0 Å². The molecule has 0 radical (unpaired) electrons. The molecule has 0 aromatic heterocycles. The molecule has 0 amide bonds. The van der Waals surface area contributed by atoms with Crippen LogP contribution in [-0.4, -0.2) is 18.9 Å². The Hall–Kier alpha value is -0.530. The summed E-state index contributed by atoms with van der Waals surface area (Å²) in [6.07, 6.45) is 0. The van der Waals surface area contributed by atoms with E-state index in [-0.39, 0.29) is 0 Å². The number of rotatable bonds is 1. The Balaban J connectivity index is 0.000000371. The lowest BCUT2D eigenvalue weighted by Crippen LogP contribution is -2.23. The van der Waals surface area contributed by atoms with Crippen LogP contribution in [-0.2, 0) is 0 Å². The van der Waals surface area contributed by atoms with E-state index in [1.165, 1.54) is 5.84 Å². The maximum atomic E-state index is 4.24. The molecule has 0 atom stereocenters. The largest absolute Gasteiger partial charge is 0.372 e. The highest BCUT2D eigenvalue weighted by Crippen LogP contribution is 1.97. The fourth-order valence-corrected chi connectivity index (χ4v) is 0.803. The van der Waals surface area contributed by atoms with Crippen LogP contribution < -0.4 is 5.32 Å². The minimum Gasteiger partial charge on any atom is -0.372 e. The minimum atomic E-state index is 0.581. The van der Waals surface area contributed by atoms with Crippen LogP contribution in [0.4, 0.5) is 0 Å². The molecule has 10 heavy (non-hydrogen) atoms. The average Bonchev–Trinajstić information content (AvgIpc) is 2.42. The first-order valence-corrected chi connectivity index (χ1v) is 4.09. The van der Waals surface area contributed by atoms with Gasteiger partial charge in [-0.05, 0) is 0 Å². The quantitative estimate of drug-likeness (QED) is 0.591. The van der Waals surface area contributed by atoms with E-state index < -0.39 is 0 Å². The standard InChI is InChI=1S/C6H12N2.C2H6/c1-5(2)6-7-3-4-8-6;1-2/h5H,3-4H2,1-2H3,(H,7,8);1-2H3. The molecule has 0 aromatic rings. The zero-order chi connectivity index (χ0) is 7.98. The third-order valence-corrected chi connectivity index (χ3v) is 1.25. The lowest BCUT2D eigenvalue weighted by atomic mass is 10.2. The normalized spacial score (nSPS) is 15.5. The van der Waals surface area contributed by atoms with Crippen LogP contribution in [0.5, 0.6) is 0 Å². The molecule has 2 heteroatoms. The molecule has 0 aromatic carbocycles. The van der Waals surface area contributed by atoms with Crippen LogP contribution in [0, 0.1) is 5.92 Å². The molecule has 60 valence electrons. The molecular formula is C8H18N2. The Labute approximate surface area is 63.7 Å². The van der Waals surface area contributed by atoms with Crippen molar-refractivity contribution < 1.29 is 0 Å². The number of nitrogens with zero attached hydrogens (tertiary/aromatic N) is 1. The van der Waals surface area contributed by atoms with E-state index in [1.54, 1.807) is 0 Å². The molecule has 0 saturated carbocycles. The van der Waals surface area contributed by atoms with Crippen LogP contribution in [0.3, 0.4) is 0 Å². The lowest BCUT2D eigenvalue weighted by Gasteiger charge is -2.02. The van der Waals surface area contributed by atoms with Gasteiger partial charge >= 0.3 is 0 Å². The summed E-state index contributed by atoms with van der Waals surface area (Å²) in [5, 5.41) is 3.21. The molecule has 1 rings (SSSR count). The number of aliphatic imine (C=N–C) groups is 1. The van der Waals surface area contributed by atoms with Crippen molar-refractivity contribution in [1.82, 2.24) is 5.32 Å². The molecule has 1 N–H and O–H groups in total. The van der Waals surface area contributed by atoms with E-state index in [4.69, 9.17) is 0 Å². The van der Waals surface area contributed by atoms with E-state index in [0.29, 0.717) is 5.92 Å². The molecule has 0 unspecified atom stereocenters. The maximum Gasteiger partial charge on any atom is 0.0990 e. The topological polar surface area (TPSA) is 24.4 Å². The van der Waals surface area contributed by atoms with Crippen molar-refractivity contribution in [3.05, 3.63) is 0 Å². The first kappa shape index (κ1) is 9.47. The zero-order valence-corrected chi connectivity index (χ0v) is 7.44. The van der Waals surface area contributed by atoms with Crippen molar-refractivity contribution in [2.75, 3.05) is 13.1 Å². The molecule has 1 aliphatic heterocycles. The van der Waals surface area contributed by atoms with Gasteiger partial charge in [0.15, 0.2) is 0 Å². The summed E-state index contributed by atoms with van der Waals surface area (Å²) in [4.78, 5) is 4.24. The molecule has 2 nitrogen and oxygen atoms in total. The highest BCUT2D eigenvalue weighted by molar-refractivity contribution is 5.85. The Kier molecular flexibility index (Phi) is 4.99. The van der Waals surface area contributed by atoms with Crippen molar-refractivity contribution in [2.24, 2.45) is 10.9 Å². The molecule has 0 fully saturated rings. The fraction of sp³-hybridized carbons (Fsp3) is 0.875. The lowest BCUT2D eigenvalue weighted by molar-refractivity contribution is 0.838. The van der Waals surface area contributed by atoms with Gasteiger partial charge in [0.25, 0.3) is 0 Å². The second-order valence-electron chi connectivity index (χ2n) is 2.35. The van der Waals surface area contributed by atoms with Crippen molar-refractivity contribution in [2.45, 2.75) is 27.7 Å². The number of amidine groups is 1. The van der Waals surface area contributed by atoms with E-state index in [1.807, 2.05) is 13.8 Å². The second kappa shape index (κ2) is 5.27. The summed E-state index contributed by atoms with van der Waals surface area (Å²) in [6, 6.07) is 0. The zero-order valence-electron chi connectivity index (χ0n) is 7.44. The summed E-state index contributed by atoms with van der Waals surface area (Å²) in [6.45, 7) is 10.3. The van der Waals surface area contributed by atoms with Gasteiger partial charge in [-0.3, -0.25) is 4.99 Å². The number of hydrogen-bond donors (Lipinski definition) is 1. The number of hydrogen-bond acceptors (Lipinski definition) is 2. The van der Waals surface area contributed by atoms with Gasteiger partial charge in [0.05, 0.1) is 12.4 Å². The van der Waals surface area contributed by atoms with Crippen LogP contribution >= 0.6 is 0 Å². The van der Waals surface area contributed by atoms with Gasteiger partial charge in [-0.25, -0.2) is 0 Å². The van der Waals surface area contributed by atoms with Crippen molar-refractivity contribution in [3.63, 3.8) is 0 Å². The van der Waals surface area contributed by atoms with E-state index in [2.05, 4.69) is 24.2 Å². The first-order chi connectivity index (χ1) is 4.80.